The smallest absolute Gasteiger partial charge is 0.218 e. The molecule has 1 saturated carbocycles. The highest BCUT2D eigenvalue weighted by Crippen LogP contribution is 2.35. The van der Waals surface area contributed by atoms with Crippen molar-refractivity contribution in [3.63, 3.8) is 0 Å². The van der Waals surface area contributed by atoms with Crippen LogP contribution in [0.5, 0.6) is 5.88 Å². The number of anilines is 1. The molecule has 0 aromatic carbocycles. The van der Waals surface area contributed by atoms with E-state index >= 15 is 0 Å². The zero-order chi connectivity index (χ0) is 17.1. The third kappa shape index (κ3) is 3.43. The number of nitrogens with zero attached hydrogens (tertiary/aromatic N) is 4. The molecule has 4 rings (SSSR count). The summed E-state index contributed by atoms with van der Waals surface area (Å²) in [5, 5.41) is 0. The van der Waals surface area contributed by atoms with E-state index in [1.165, 1.54) is 6.33 Å². The first-order valence-corrected chi connectivity index (χ1v) is 8.60. The molecule has 0 N–H and O–H groups in total. The minimum Gasteiger partial charge on any atom is -0.481 e. The summed E-state index contributed by atoms with van der Waals surface area (Å²) >= 11 is 0. The first kappa shape index (κ1) is 16.2. The lowest BCUT2D eigenvalue weighted by Gasteiger charge is -2.32. The Hall–Kier alpha value is -2.25. The number of ether oxygens (including phenoxy) is 3. The maximum absolute atomic E-state index is 6.26. The predicted molar refractivity (Wildman–Crippen MR) is 91.5 cm³/mol. The summed E-state index contributed by atoms with van der Waals surface area (Å²) in [7, 11) is 1.61. The summed E-state index contributed by atoms with van der Waals surface area (Å²) < 4.78 is 17.6. The molecule has 2 aromatic rings. The van der Waals surface area contributed by atoms with E-state index in [4.69, 9.17) is 14.2 Å². The second-order valence-electron chi connectivity index (χ2n) is 6.30. The number of fused-ring (bicyclic) bond motifs is 2. The van der Waals surface area contributed by atoms with Gasteiger partial charge in [-0.05, 0) is 24.5 Å². The van der Waals surface area contributed by atoms with Gasteiger partial charge < -0.3 is 19.1 Å². The van der Waals surface area contributed by atoms with Gasteiger partial charge in [0.05, 0.1) is 32.5 Å². The molecule has 132 valence electrons. The number of hydrogen-bond donors (Lipinski definition) is 0. The normalized spacial score (nSPS) is 25.6. The lowest BCUT2D eigenvalue weighted by molar-refractivity contribution is -0.0555. The van der Waals surface area contributed by atoms with Crippen LogP contribution in [0.4, 0.5) is 5.82 Å². The Bertz CT molecular complexity index is 700. The van der Waals surface area contributed by atoms with Gasteiger partial charge in [0.2, 0.25) is 5.88 Å². The van der Waals surface area contributed by atoms with Crippen molar-refractivity contribution in [2.24, 2.45) is 0 Å². The molecule has 0 radical (unpaired) electrons. The first-order chi connectivity index (χ1) is 12.3. The summed E-state index contributed by atoms with van der Waals surface area (Å²) in [6.45, 7) is 1.99. The predicted octanol–water partition coefficient (Wildman–Crippen LogP) is 1.83. The molecular formula is C18H22N4O3. The van der Waals surface area contributed by atoms with Crippen molar-refractivity contribution in [3.8, 4) is 5.88 Å². The quantitative estimate of drug-likeness (QED) is 0.821. The fourth-order valence-corrected chi connectivity index (χ4v) is 3.67. The van der Waals surface area contributed by atoms with Gasteiger partial charge in [0, 0.05) is 25.0 Å². The van der Waals surface area contributed by atoms with Crippen molar-refractivity contribution in [3.05, 3.63) is 42.5 Å². The summed E-state index contributed by atoms with van der Waals surface area (Å²) in [6, 6.07) is 6.07. The van der Waals surface area contributed by atoms with Gasteiger partial charge in [0.15, 0.2) is 0 Å². The Morgan fingerprint density at radius 1 is 1.32 bits per heavy atom. The minimum atomic E-state index is 0.0173. The Morgan fingerprint density at radius 3 is 3.12 bits per heavy atom. The molecule has 2 bridgehead atoms. The molecule has 7 heteroatoms. The van der Waals surface area contributed by atoms with Crippen LogP contribution in [0.3, 0.4) is 0 Å². The van der Waals surface area contributed by atoms with Crippen LogP contribution in [0, 0.1) is 0 Å². The van der Waals surface area contributed by atoms with Crippen molar-refractivity contribution in [2.75, 3.05) is 25.2 Å². The topological polar surface area (TPSA) is 69.6 Å². The van der Waals surface area contributed by atoms with Gasteiger partial charge in [-0.2, -0.15) is 0 Å². The van der Waals surface area contributed by atoms with Gasteiger partial charge in [-0.3, -0.25) is 4.98 Å². The molecule has 2 aromatic heterocycles. The molecule has 3 heterocycles. The number of methoxy groups -OCH3 is 1. The summed E-state index contributed by atoms with van der Waals surface area (Å²) in [6.07, 6.45) is 7.32. The van der Waals surface area contributed by atoms with Crippen LogP contribution in [0.1, 0.15) is 18.4 Å². The lowest BCUT2D eigenvalue weighted by atomic mass is 10.1. The molecule has 3 unspecified atom stereocenters. The fourth-order valence-electron chi connectivity index (χ4n) is 3.67. The highest BCUT2D eigenvalue weighted by Gasteiger charge is 2.43. The zero-order valence-corrected chi connectivity index (χ0v) is 14.2. The van der Waals surface area contributed by atoms with Crippen molar-refractivity contribution in [2.45, 2.75) is 37.7 Å². The van der Waals surface area contributed by atoms with E-state index in [-0.39, 0.29) is 18.2 Å². The Kier molecular flexibility index (Phi) is 4.76. The van der Waals surface area contributed by atoms with Gasteiger partial charge in [-0.25, -0.2) is 9.97 Å². The van der Waals surface area contributed by atoms with E-state index in [0.717, 1.165) is 30.8 Å². The van der Waals surface area contributed by atoms with Crippen molar-refractivity contribution in [1.29, 1.82) is 0 Å². The van der Waals surface area contributed by atoms with Crippen LogP contribution >= 0.6 is 0 Å². The third-order valence-electron chi connectivity index (χ3n) is 4.85. The van der Waals surface area contributed by atoms with Gasteiger partial charge in [-0.15, -0.1) is 0 Å². The Balaban J connectivity index is 1.53. The molecule has 1 aliphatic carbocycles. The number of pyridine rings is 1. The summed E-state index contributed by atoms with van der Waals surface area (Å²) in [5.41, 5.74) is 1.07. The maximum atomic E-state index is 6.26. The number of rotatable bonds is 5. The van der Waals surface area contributed by atoms with Crippen molar-refractivity contribution in [1.82, 2.24) is 15.0 Å². The van der Waals surface area contributed by atoms with Crippen molar-refractivity contribution >= 4 is 5.82 Å². The van der Waals surface area contributed by atoms with Crippen LogP contribution < -0.4 is 9.64 Å². The Morgan fingerprint density at radius 2 is 2.28 bits per heavy atom. The van der Waals surface area contributed by atoms with Crippen LogP contribution in [-0.4, -0.2) is 53.5 Å². The highest BCUT2D eigenvalue weighted by molar-refractivity contribution is 5.43. The van der Waals surface area contributed by atoms with E-state index in [9.17, 15) is 0 Å². The second-order valence-corrected chi connectivity index (χ2v) is 6.30. The van der Waals surface area contributed by atoms with Gasteiger partial charge in [-0.1, -0.05) is 6.07 Å². The fraction of sp³-hybridized carbons (Fsp3) is 0.500. The third-order valence-corrected chi connectivity index (χ3v) is 4.85. The summed E-state index contributed by atoms with van der Waals surface area (Å²) in [4.78, 5) is 15.0. The maximum Gasteiger partial charge on any atom is 0.218 e. The monoisotopic (exact) mass is 342 g/mol. The van der Waals surface area contributed by atoms with Crippen LogP contribution in [0.2, 0.25) is 0 Å². The molecule has 0 spiro atoms. The minimum absolute atomic E-state index is 0.0173. The van der Waals surface area contributed by atoms with E-state index < -0.39 is 0 Å². The molecular weight excluding hydrogens is 320 g/mol. The average molecular weight is 342 g/mol. The molecule has 2 aliphatic rings. The van der Waals surface area contributed by atoms with E-state index in [1.54, 1.807) is 13.3 Å². The molecule has 3 atom stereocenters. The first-order valence-electron chi connectivity index (χ1n) is 8.60. The van der Waals surface area contributed by atoms with Gasteiger partial charge in [0.25, 0.3) is 0 Å². The molecule has 0 amide bonds. The molecule has 25 heavy (non-hydrogen) atoms. The van der Waals surface area contributed by atoms with E-state index in [1.807, 2.05) is 24.4 Å². The zero-order valence-electron chi connectivity index (χ0n) is 14.2. The molecule has 7 nitrogen and oxygen atoms in total. The number of hydrogen-bond acceptors (Lipinski definition) is 7. The molecule has 1 aliphatic heterocycles. The largest absolute Gasteiger partial charge is 0.481 e. The van der Waals surface area contributed by atoms with Crippen LogP contribution in [-0.2, 0) is 16.1 Å². The highest BCUT2D eigenvalue weighted by atomic mass is 16.5. The number of aromatic nitrogens is 3. The van der Waals surface area contributed by atoms with E-state index in [0.29, 0.717) is 19.1 Å². The van der Waals surface area contributed by atoms with Gasteiger partial charge >= 0.3 is 0 Å². The van der Waals surface area contributed by atoms with Crippen molar-refractivity contribution < 1.29 is 14.2 Å². The lowest BCUT2D eigenvalue weighted by Crippen LogP contribution is -2.43. The second kappa shape index (κ2) is 7.33. The SMILES string of the molecule is COc1cc(N2CCOC3CCC2C3OCc2cccnc2)ncn1. The standard InChI is InChI=1S/C18H22N4O3/c1-23-17-9-16(20-12-21-17)22-7-8-24-15-5-4-14(22)18(15)25-11-13-3-2-6-19-10-13/h2-3,6,9-10,12,14-15,18H,4-5,7-8,11H2,1H3. The molecule has 2 fully saturated rings. The van der Waals surface area contributed by atoms with Crippen LogP contribution in [0.25, 0.3) is 0 Å². The summed E-state index contributed by atoms with van der Waals surface area (Å²) in [5.74, 6) is 1.43. The van der Waals surface area contributed by atoms with E-state index in [2.05, 4.69) is 19.9 Å². The van der Waals surface area contributed by atoms with Crippen LogP contribution in [0.15, 0.2) is 36.9 Å². The molecule has 1 saturated heterocycles. The average Bonchev–Trinajstić information content (AvgIpc) is 2.96. The van der Waals surface area contributed by atoms with Gasteiger partial charge in [0.1, 0.15) is 18.2 Å². The Labute approximate surface area is 147 Å².